The van der Waals surface area contributed by atoms with Gasteiger partial charge in [0.05, 0.1) is 23.9 Å². The monoisotopic (exact) mass is 362 g/mol. The Kier molecular flexibility index (Phi) is 5.73. The molecule has 3 rings (SSSR count). The van der Waals surface area contributed by atoms with Crippen LogP contribution < -0.4 is 15.4 Å². The number of nitrogens with one attached hydrogen (secondary N) is 2. The molecule has 1 aromatic carbocycles. The van der Waals surface area contributed by atoms with Crippen molar-refractivity contribution in [2.75, 3.05) is 12.4 Å². The zero-order valence-electron chi connectivity index (χ0n) is 14.7. The molecule has 0 aliphatic rings. The van der Waals surface area contributed by atoms with Crippen molar-refractivity contribution in [3.8, 4) is 5.75 Å². The molecule has 2 aromatic heterocycles. The average Bonchev–Trinajstić information content (AvgIpc) is 2.73. The average molecular weight is 362 g/mol. The molecule has 0 atom stereocenters. The molecule has 0 radical (unpaired) electrons. The van der Waals surface area contributed by atoms with Crippen LogP contribution in [0.25, 0.3) is 0 Å². The lowest BCUT2D eigenvalue weighted by atomic mass is 10.1. The van der Waals surface area contributed by atoms with Crippen molar-refractivity contribution in [3.63, 3.8) is 0 Å². The number of carbonyl (C=O) groups excluding carboxylic acids is 2. The van der Waals surface area contributed by atoms with Gasteiger partial charge in [-0.15, -0.1) is 0 Å². The molecule has 7 heteroatoms. The summed E-state index contributed by atoms with van der Waals surface area (Å²) in [5.74, 6) is -0.146. The second-order valence-electron chi connectivity index (χ2n) is 5.65. The number of carbonyl (C=O) groups is 2. The highest BCUT2D eigenvalue weighted by atomic mass is 16.5. The maximum Gasteiger partial charge on any atom is 0.257 e. The van der Waals surface area contributed by atoms with E-state index in [4.69, 9.17) is 4.74 Å². The van der Waals surface area contributed by atoms with Crippen molar-refractivity contribution < 1.29 is 14.3 Å². The molecule has 0 unspecified atom stereocenters. The van der Waals surface area contributed by atoms with E-state index < -0.39 is 0 Å². The van der Waals surface area contributed by atoms with Crippen LogP contribution >= 0.6 is 0 Å². The van der Waals surface area contributed by atoms with Gasteiger partial charge in [-0.2, -0.15) is 0 Å². The molecule has 0 spiro atoms. The number of amides is 2. The lowest BCUT2D eigenvalue weighted by molar-refractivity contribution is 0.0950. The van der Waals surface area contributed by atoms with Crippen LogP contribution in [0.2, 0.25) is 0 Å². The van der Waals surface area contributed by atoms with Crippen LogP contribution in [0.5, 0.6) is 5.75 Å². The SMILES string of the molecule is COc1ccccc1NC(=O)c1cncc(C(=O)NCc2ccncc2)c1. The quantitative estimate of drug-likeness (QED) is 0.703. The van der Waals surface area contributed by atoms with E-state index in [0.29, 0.717) is 23.5 Å². The molecular weight excluding hydrogens is 344 g/mol. The van der Waals surface area contributed by atoms with Crippen molar-refractivity contribution in [2.24, 2.45) is 0 Å². The highest BCUT2D eigenvalue weighted by Crippen LogP contribution is 2.23. The highest BCUT2D eigenvalue weighted by Gasteiger charge is 2.13. The second-order valence-corrected chi connectivity index (χ2v) is 5.65. The minimum absolute atomic E-state index is 0.275. The summed E-state index contributed by atoms with van der Waals surface area (Å²) in [4.78, 5) is 32.8. The van der Waals surface area contributed by atoms with E-state index in [1.165, 1.54) is 25.6 Å². The normalized spacial score (nSPS) is 10.1. The predicted molar refractivity (Wildman–Crippen MR) is 101 cm³/mol. The Morgan fingerprint density at radius 1 is 0.963 bits per heavy atom. The molecule has 0 fully saturated rings. The summed E-state index contributed by atoms with van der Waals surface area (Å²) in [5.41, 5.74) is 2.04. The van der Waals surface area contributed by atoms with Crippen LogP contribution in [-0.2, 0) is 6.54 Å². The molecule has 2 amide bonds. The van der Waals surface area contributed by atoms with Gasteiger partial charge >= 0.3 is 0 Å². The first-order valence-corrected chi connectivity index (χ1v) is 8.24. The number of benzene rings is 1. The van der Waals surface area contributed by atoms with Crippen LogP contribution in [0.3, 0.4) is 0 Å². The van der Waals surface area contributed by atoms with Crippen LogP contribution in [-0.4, -0.2) is 28.9 Å². The minimum Gasteiger partial charge on any atom is -0.495 e. The van der Waals surface area contributed by atoms with Gasteiger partial charge in [-0.05, 0) is 35.9 Å². The van der Waals surface area contributed by atoms with Crippen LogP contribution in [0.4, 0.5) is 5.69 Å². The van der Waals surface area contributed by atoms with Crippen molar-refractivity contribution in [3.05, 3.63) is 83.9 Å². The minimum atomic E-state index is -0.379. The molecule has 3 aromatic rings. The molecule has 0 bridgehead atoms. The largest absolute Gasteiger partial charge is 0.495 e. The third-order valence-electron chi connectivity index (χ3n) is 3.82. The number of pyridine rings is 2. The van der Waals surface area contributed by atoms with E-state index in [0.717, 1.165) is 5.56 Å². The number of hydrogen-bond donors (Lipinski definition) is 2. The Balaban J connectivity index is 1.69. The zero-order valence-corrected chi connectivity index (χ0v) is 14.7. The number of rotatable bonds is 6. The van der Waals surface area contributed by atoms with Gasteiger partial charge in [0.2, 0.25) is 0 Å². The molecule has 0 aliphatic carbocycles. The summed E-state index contributed by atoms with van der Waals surface area (Å²) in [6.07, 6.45) is 6.14. The second kappa shape index (κ2) is 8.57. The maximum absolute atomic E-state index is 12.5. The molecule has 2 N–H and O–H groups in total. The number of aromatic nitrogens is 2. The first kappa shape index (κ1) is 18.1. The summed E-state index contributed by atoms with van der Waals surface area (Å²) in [6, 6.07) is 12.2. The first-order chi connectivity index (χ1) is 13.2. The Bertz CT molecular complexity index is 945. The number of anilines is 1. The Morgan fingerprint density at radius 3 is 2.41 bits per heavy atom. The third kappa shape index (κ3) is 4.66. The van der Waals surface area contributed by atoms with Gasteiger partial charge in [0.25, 0.3) is 11.8 Å². The van der Waals surface area contributed by atoms with Gasteiger partial charge in [-0.1, -0.05) is 12.1 Å². The topological polar surface area (TPSA) is 93.2 Å². The smallest absolute Gasteiger partial charge is 0.257 e. The van der Waals surface area contributed by atoms with Gasteiger partial charge in [0.1, 0.15) is 5.75 Å². The molecule has 0 aliphatic heterocycles. The van der Waals surface area contributed by atoms with Gasteiger partial charge in [-0.25, -0.2) is 0 Å². The molecule has 7 nitrogen and oxygen atoms in total. The molecule has 0 saturated carbocycles. The van der Waals surface area contributed by atoms with E-state index in [-0.39, 0.29) is 17.4 Å². The molecule has 2 heterocycles. The first-order valence-electron chi connectivity index (χ1n) is 8.24. The standard InChI is InChI=1S/C20H18N4O3/c1-27-18-5-3-2-4-17(18)24-20(26)16-10-15(12-22-13-16)19(25)23-11-14-6-8-21-9-7-14/h2-10,12-13H,11H2,1H3,(H,23,25)(H,24,26). The van der Waals surface area contributed by atoms with E-state index in [1.807, 2.05) is 18.2 Å². The fraction of sp³-hybridized carbons (Fsp3) is 0.100. The van der Waals surface area contributed by atoms with Crippen molar-refractivity contribution in [1.82, 2.24) is 15.3 Å². The molecular formula is C20H18N4O3. The summed E-state index contributed by atoms with van der Waals surface area (Å²) in [6.45, 7) is 0.360. The van der Waals surface area contributed by atoms with E-state index in [2.05, 4.69) is 20.6 Å². The van der Waals surface area contributed by atoms with Gasteiger partial charge in [-0.3, -0.25) is 19.6 Å². The zero-order chi connectivity index (χ0) is 19.1. The number of para-hydroxylation sites is 2. The van der Waals surface area contributed by atoms with Crippen LogP contribution in [0.1, 0.15) is 26.3 Å². The molecule has 136 valence electrons. The van der Waals surface area contributed by atoms with Gasteiger partial charge < -0.3 is 15.4 Å². The summed E-state index contributed by atoms with van der Waals surface area (Å²) in [5, 5.41) is 5.55. The van der Waals surface area contributed by atoms with Crippen molar-refractivity contribution in [1.29, 1.82) is 0 Å². The number of ether oxygens (including phenoxy) is 1. The summed E-state index contributed by atoms with van der Waals surface area (Å²) < 4.78 is 5.22. The fourth-order valence-corrected chi connectivity index (χ4v) is 2.42. The Labute approximate surface area is 156 Å². The fourth-order valence-electron chi connectivity index (χ4n) is 2.42. The van der Waals surface area contributed by atoms with Crippen LogP contribution in [0.15, 0.2) is 67.3 Å². The van der Waals surface area contributed by atoms with Crippen LogP contribution in [0, 0.1) is 0 Å². The lowest BCUT2D eigenvalue weighted by Crippen LogP contribution is -2.23. The Hall–Kier alpha value is -3.74. The van der Waals surface area contributed by atoms with Gasteiger partial charge in [0.15, 0.2) is 0 Å². The van der Waals surface area contributed by atoms with Crippen molar-refractivity contribution in [2.45, 2.75) is 6.54 Å². The predicted octanol–water partition coefficient (Wildman–Crippen LogP) is 2.67. The summed E-state index contributed by atoms with van der Waals surface area (Å²) in [7, 11) is 1.53. The maximum atomic E-state index is 12.5. The summed E-state index contributed by atoms with van der Waals surface area (Å²) >= 11 is 0. The van der Waals surface area contributed by atoms with E-state index in [1.54, 1.807) is 30.6 Å². The Morgan fingerprint density at radius 2 is 1.67 bits per heavy atom. The molecule has 27 heavy (non-hydrogen) atoms. The number of nitrogens with zero attached hydrogens (tertiary/aromatic N) is 2. The number of methoxy groups -OCH3 is 1. The van der Waals surface area contributed by atoms with E-state index >= 15 is 0 Å². The highest BCUT2D eigenvalue weighted by molar-refractivity contribution is 6.06. The molecule has 0 saturated heterocycles. The van der Waals surface area contributed by atoms with Gasteiger partial charge in [0, 0.05) is 31.3 Å². The van der Waals surface area contributed by atoms with E-state index in [9.17, 15) is 9.59 Å². The number of hydrogen-bond acceptors (Lipinski definition) is 5. The lowest BCUT2D eigenvalue weighted by Gasteiger charge is -2.10. The third-order valence-corrected chi connectivity index (χ3v) is 3.82. The van der Waals surface area contributed by atoms with Crippen molar-refractivity contribution >= 4 is 17.5 Å².